The summed E-state index contributed by atoms with van der Waals surface area (Å²) in [5.41, 5.74) is 2.60. The first kappa shape index (κ1) is 18.4. The smallest absolute Gasteiger partial charge is 0.322 e. The van der Waals surface area contributed by atoms with Crippen LogP contribution in [0.25, 0.3) is 11.0 Å². The fourth-order valence-corrected chi connectivity index (χ4v) is 3.31. The van der Waals surface area contributed by atoms with E-state index in [9.17, 15) is 9.18 Å². The lowest BCUT2D eigenvalue weighted by Crippen LogP contribution is -2.30. The summed E-state index contributed by atoms with van der Waals surface area (Å²) in [4.78, 5) is 16.6. The Hall–Kier alpha value is -2.42. The van der Waals surface area contributed by atoms with Crippen LogP contribution in [-0.4, -0.2) is 33.6 Å². The summed E-state index contributed by atoms with van der Waals surface area (Å²) >= 11 is 1.25. The number of imidazole rings is 1. The zero-order valence-electron chi connectivity index (χ0n) is 14.5. The van der Waals surface area contributed by atoms with E-state index >= 15 is 0 Å². The van der Waals surface area contributed by atoms with Gasteiger partial charge in [-0.1, -0.05) is 12.1 Å². The molecule has 8 heteroatoms. The van der Waals surface area contributed by atoms with E-state index in [0.29, 0.717) is 6.54 Å². The quantitative estimate of drug-likeness (QED) is 0.310. The molecule has 0 saturated carbocycles. The van der Waals surface area contributed by atoms with E-state index in [1.54, 1.807) is 6.07 Å². The minimum absolute atomic E-state index is 0.00526. The maximum absolute atomic E-state index is 13.6. The number of nitrogens with two attached hydrogens (primary N) is 1. The van der Waals surface area contributed by atoms with Gasteiger partial charge >= 0.3 is 5.97 Å². The Morgan fingerprint density at radius 1 is 1.31 bits per heavy atom. The zero-order chi connectivity index (χ0) is 18.7. The summed E-state index contributed by atoms with van der Waals surface area (Å²) in [6.07, 6.45) is 0. The van der Waals surface area contributed by atoms with Gasteiger partial charge in [-0.05, 0) is 54.8 Å². The molecular weight excluding hydrogens is 355 g/mol. The number of methoxy groups -OCH3 is 1. The fraction of sp³-hybridized carbons (Fsp3) is 0.222. The highest BCUT2D eigenvalue weighted by Crippen LogP contribution is 2.22. The van der Waals surface area contributed by atoms with Crippen molar-refractivity contribution in [1.29, 1.82) is 0 Å². The van der Waals surface area contributed by atoms with Crippen LogP contribution in [0.15, 0.2) is 47.4 Å². The molecule has 1 aromatic heterocycles. The Kier molecular flexibility index (Phi) is 5.55. The van der Waals surface area contributed by atoms with Crippen molar-refractivity contribution in [2.75, 3.05) is 13.7 Å². The number of esters is 1. The number of rotatable bonds is 6. The molecule has 26 heavy (non-hydrogen) atoms. The van der Waals surface area contributed by atoms with Crippen LogP contribution >= 0.6 is 11.9 Å². The van der Waals surface area contributed by atoms with E-state index in [2.05, 4.69) is 9.72 Å². The van der Waals surface area contributed by atoms with Crippen molar-refractivity contribution >= 4 is 29.0 Å². The second-order valence-corrected chi connectivity index (χ2v) is 6.89. The predicted octanol–water partition coefficient (Wildman–Crippen LogP) is 2.89. The number of ether oxygens (including phenoxy) is 1. The van der Waals surface area contributed by atoms with E-state index in [4.69, 9.17) is 5.84 Å². The highest BCUT2D eigenvalue weighted by Gasteiger charge is 2.10. The molecule has 0 unspecified atom stereocenters. The molecular formula is C18H19FN4O2S. The molecule has 0 amide bonds. The normalized spacial score (nSPS) is 11.3. The van der Waals surface area contributed by atoms with Gasteiger partial charge in [0.2, 0.25) is 0 Å². The standard InChI is InChI=1S/C18H19FN4O2S/c1-12-21-16-8-5-14(19)9-17(16)22(12)10-13-3-6-15(7-4-13)26-23(20)11-18(24)25-2/h3-9H,10-11,20H2,1-2H3. The number of benzene rings is 2. The number of hydrogen-bond donors (Lipinski definition) is 1. The van der Waals surface area contributed by atoms with Crippen LogP contribution in [0.2, 0.25) is 0 Å². The molecule has 3 aromatic rings. The summed E-state index contributed by atoms with van der Waals surface area (Å²) in [5, 5.41) is 0. The summed E-state index contributed by atoms with van der Waals surface area (Å²) in [7, 11) is 1.32. The first-order valence-corrected chi connectivity index (χ1v) is 8.72. The molecule has 0 atom stereocenters. The van der Waals surface area contributed by atoms with Crippen molar-refractivity contribution in [3.63, 3.8) is 0 Å². The monoisotopic (exact) mass is 374 g/mol. The van der Waals surface area contributed by atoms with Crippen LogP contribution in [0.3, 0.4) is 0 Å². The summed E-state index contributed by atoms with van der Waals surface area (Å²) < 4.78 is 21.4. The number of nitrogens with zero attached hydrogens (tertiary/aromatic N) is 3. The third-order valence-electron chi connectivity index (χ3n) is 3.90. The number of fused-ring (bicyclic) bond motifs is 1. The van der Waals surface area contributed by atoms with E-state index < -0.39 is 5.97 Å². The highest BCUT2D eigenvalue weighted by atomic mass is 32.2. The minimum atomic E-state index is -0.397. The first-order valence-electron chi connectivity index (χ1n) is 7.94. The van der Waals surface area contributed by atoms with Gasteiger partial charge in [-0.2, -0.15) is 4.41 Å². The molecule has 0 aliphatic carbocycles. The molecule has 6 nitrogen and oxygen atoms in total. The van der Waals surface area contributed by atoms with Crippen LogP contribution in [-0.2, 0) is 16.1 Å². The van der Waals surface area contributed by atoms with Crippen molar-refractivity contribution in [3.8, 4) is 0 Å². The van der Waals surface area contributed by atoms with Gasteiger partial charge in [-0.3, -0.25) is 10.6 Å². The van der Waals surface area contributed by atoms with Gasteiger partial charge in [0, 0.05) is 11.4 Å². The molecule has 0 bridgehead atoms. The fourth-order valence-electron chi connectivity index (χ4n) is 2.61. The van der Waals surface area contributed by atoms with Gasteiger partial charge in [0.25, 0.3) is 0 Å². The second-order valence-electron chi connectivity index (χ2n) is 5.76. The summed E-state index contributed by atoms with van der Waals surface area (Å²) in [5.74, 6) is 5.93. The number of hydrogen-bond acceptors (Lipinski definition) is 6. The minimum Gasteiger partial charge on any atom is -0.468 e. The molecule has 0 saturated heterocycles. The lowest BCUT2D eigenvalue weighted by Gasteiger charge is -2.14. The van der Waals surface area contributed by atoms with Crippen LogP contribution < -0.4 is 5.84 Å². The van der Waals surface area contributed by atoms with Crippen LogP contribution in [0, 0.1) is 12.7 Å². The predicted molar refractivity (Wildman–Crippen MR) is 98.7 cm³/mol. The van der Waals surface area contributed by atoms with Gasteiger partial charge in [0.1, 0.15) is 18.2 Å². The van der Waals surface area contributed by atoms with E-state index in [-0.39, 0.29) is 12.4 Å². The number of aryl methyl sites for hydroxylation is 1. The number of carbonyl (C=O) groups excluding carboxylic acids is 1. The van der Waals surface area contributed by atoms with Gasteiger partial charge in [0.15, 0.2) is 0 Å². The molecule has 0 radical (unpaired) electrons. The first-order chi connectivity index (χ1) is 12.5. The van der Waals surface area contributed by atoms with Crippen LogP contribution in [0.5, 0.6) is 0 Å². The lowest BCUT2D eigenvalue weighted by atomic mass is 10.2. The zero-order valence-corrected chi connectivity index (χ0v) is 15.3. The highest BCUT2D eigenvalue weighted by molar-refractivity contribution is 7.97. The van der Waals surface area contributed by atoms with Gasteiger partial charge in [0.05, 0.1) is 18.1 Å². The molecule has 2 aromatic carbocycles. The molecule has 0 spiro atoms. The topological polar surface area (TPSA) is 73.4 Å². The third-order valence-corrected chi connectivity index (χ3v) is 4.75. The van der Waals surface area contributed by atoms with E-state index in [0.717, 1.165) is 27.3 Å². The molecule has 3 rings (SSSR count). The van der Waals surface area contributed by atoms with Crippen molar-refractivity contribution in [1.82, 2.24) is 14.0 Å². The SMILES string of the molecule is COC(=O)CN(N)Sc1ccc(Cn2c(C)nc3ccc(F)cc32)cc1. The average molecular weight is 374 g/mol. The van der Waals surface area contributed by atoms with Gasteiger partial charge in [-0.25, -0.2) is 9.37 Å². The number of carbonyl (C=O) groups is 1. The Morgan fingerprint density at radius 2 is 2.04 bits per heavy atom. The molecule has 1 heterocycles. The Morgan fingerprint density at radius 3 is 2.73 bits per heavy atom. The molecule has 2 N–H and O–H groups in total. The maximum Gasteiger partial charge on any atom is 0.322 e. The Balaban J connectivity index is 1.73. The van der Waals surface area contributed by atoms with Crippen LogP contribution in [0.4, 0.5) is 4.39 Å². The van der Waals surface area contributed by atoms with Crippen molar-refractivity contribution in [2.45, 2.75) is 18.4 Å². The second kappa shape index (κ2) is 7.86. The lowest BCUT2D eigenvalue weighted by molar-refractivity contribution is -0.140. The summed E-state index contributed by atoms with van der Waals surface area (Å²) in [6.45, 7) is 2.49. The molecule has 0 fully saturated rings. The van der Waals surface area contributed by atoms with E-state index in [1.165, 1.54) is 35.6 Å². The molecule has 0 aliphatic rings. The van der Waals surface area contributed by atoms with Crippen molar-refractivity contribution in [2.24, 2.45) is 5.84 Å². The molecule has 136 valence electrons. The maximum atomic E-state index is 13.6. The van der Waals surface area contributed by atoms with Gasteiger partial charge in [-0.15, -0.1) is 0 Å². The number of hydrazine groups is 1. The van der Waals surface area contributed by atoms with E-state index in [1.807, 2.05) is 35.8 Å². The largest absolute Gasteiger partial charge is 0.468 e. The average Bonchev–Trinajstić information content (AvgIpc) is 2.91. The summed E-state index contributed by atoms with van der Waals surface area (Å²) in [6, 6.07) is 12.4. The number of halogens is 1. The Bertz CT molecular complexity index is 927. The third kappa shape index (κ3) is 4.21. The van der Waals surface area contributed by atoms with Crippen LogP contribution in [0.1, 0.15) is 11.4 Å². The van der Waals surface area contributed by atoms with Crippen molar-refractivity contribution in [3.05, 3.63) is 59.7 Å². The number of aromatic nitrogens is 2. The Labute approximate surface area is 154 Å². The van der Waals surface area contributed by atoms with Gasteiger partial charge < -0.3 is 9.30 Å². The van der Waals surface area contributed by atoms with Crippen molar-refractivity contribution < 1.29 is 13.9 Å². The molecule has 0 aliphatic heterocycles.